The van der Waals surface area contributed by atoms with Gasteiger partial charge in [0.2, 0.25) is 5.91 Å². The minimum absolute atomic E-state index is 0.0704. The zero-order valence-electron chi connectivity index (χ0n) is 17.9. The van der Waals surface area contributed by atoms with E-state index in [9.17, 15) is 9.59 Å². The van der Waals surface area contributed by atoms with Crippen LogP contribution in [-0.2, 0) is 11.3 Å². The van der Waals surface area contributed by atoms with E-state index in [1.54, 1.807) is 10.8 Å². The summed E-state index contributed by atoms with van der Waals surface area (Å²) >= 11 is 2.66. The monoisotopic (exact) mass is 452 g/mol. The molecule has 0 spiro atoms. The maximum atomic E-state index is 13.3. The van der Waals surface area contributed by atoms with Crippen molar-refractivity contribution in [2.24, 2.45) is 5.92 Å². The van der Waals surface area contributed by atoms with Gasteiger partial charge in [0.25, 0.3) is 5.56 Å². The molecule has 6 nitrogen and oxygen atoms in total. The molecule has 0 saturated heterocycles. The standard InChI is InChI=1S/C23H24N4O2S2/c1-13(2)11-27-22(29)20-19(16-6-5-9-24-21(16)31-20)26-23(27)30-12-18(28)25-17-8-7-14(3)10-15(17)4/h5-10,13H,11-12H2,1-4H3,(H,25,28). The molecule has 0 aliphatic carbocycles. The quantitative estimate of drug-likeness (QED) is 0.329. The van der Waals surface area contributed by atoms with Crippen molar-refractivity contribution in [2.75, 3.05) is 11.1 Å². The molecule has 3 heterocycles. The van der Waals surface area contributed by atoms with Crippen molar-refractivity contribution in [3.05, 3.63) is 58.0 Å². The Bertz CT molecular complexity index is 1340. The van der Waals surface area contributed by atoms with Gasteiger partial charge in [-0.05, 0) is 43.5 Å². The van der Waals surface area contributed by atoms with Crippen molar-refractivity contribution < 1.29 is 4.79 Å². The number of thiophene rings is 1. The lowest BCUT2D eigenvalue weighted by molar-refractivity contribution is -0.113. The van der Waals surface area contributed by atoms with Gasteiger partial charge >= 0.3 is 0 Å². The summed E-state index contributed by atoms with van der Waals surface area (Å²) in [6, 6.07) is 9.70. The number of anilines is 1. The Morgan fingerprint density at radius 1 is 1.26 bits per heavy atom. The van der Waals surface area contributed by atoms with Crippen LogP contribution in [0.5, 0.6) is 0 Å². The van der Waals surface area contributed by atoms with Crippen LogP contribution in [0.1, 0.15) is 25.0 Å². The molecule has 0 aliphatic heterocycles. The topological polar surface area (TPSA) is 76.9 Å². The van der Waals surface area contributed by atoms with Crippen molar-refractivity contribution in [2.45, 2.75) is 39.4 Å². The van der Waals surface area contributed by atoms with Crippen molar-refractivity contribution >= 4 is 55.1 Å². The van der Waals surface area contributed by atoms with E-state index in [1.807, 2.05) is 44.2 Å². The van der Waals surface area contributed by atoms with Gasteiger partial charge < -0.3 is 5.32 Å². The van der Waals surface area contributed by atoms with Crippen LogP contribution in [0.4, 0.5) is 5.69 Å². The fourth-order valence-electron chi connectivity index (χ4n) is 3.45. The third-order valence-electron chi connectivity index (χ3n) is 4.85. The number of thioether (sulfide) groups is 1. The highest BCUT2D eigenvalue weighted by Crippen LogP contribution is 2.30. The molecule has 0 atom stereocenters. The maximum Gasteiger partial charge on any atom is 0.272 e. The molecular formula is C23H24N4O2S2. The second-order valence-electron chi connectivity index (χ2n) is 8.00. The molecule has 0 unspecified atom stereocenters. The van der Waals surface area contributed by atoms with Crippen molar-refractivity contribution in [3.8, 4) is 0 Å². The first-order chi connectivity index (χ1) is 14.8. The zero-order valence-corrected chi connectivity index (χ0v) is 19.6. The molecule has 0 aliphatic rings. The highest BCUT2D eigenvalue weighted by molar-refractivity contribution is 7.99. The van der Waals surface area contributed by atoms with E-state index >= 15 is 0 Å². The Labute approximate surface area is 188 Å². The highest BCUT2D eigenvalue weighted by Gasteiger charge is 2.18. The van der Waals surface area contributed by atoms with Gasteiger partial charge in [0.15, 0.2) is 5.16 Å². The van der Waals surface area contributed by atoms with Gasteiger partial charge in [-0.2, -0.15) is 0 Å². The van der Waals surface area contributed by atoms with Gasteiger partial charge in [0.05, 0.1) is 11.3 Å². The number of carbonyl (C=O) groups excluding carboxylic acids is 1. The average Bonchev–Trinajstić information content (AvgIpc) is 3.09. The molecule has 0 bridgehead atoms. The lowest BCUT2D eigenvalue weighted by atomic mass is 10.1. The lowest BCUT2D eigenvalue weighted by Crippen LogP contribution is -2.25. The number of amides is 1. The third kappa shape index (κ3) is 4.50. The van der Waals surface area contributed by atoms with Crippen LogP contribution in [0, 0.1) is 19.8 Å². The fraction of sp³-hybridized carbons (Fsp3) is 0.304. The van der Waals surface area contributed by atoms with Crippen LogP contribution >= 0.6 is 23.1 Å². The van der Waals surface area contributed by atoms with E-state index in [-0.39, 0.29) is 23.1 Å². The number of benzene rings is 1. The number of aryl methyl sites for hydroxylation is 2. The molecule has 3 aromatic heterocycles. The molecule has 31 heavy (non-hydrogen) atoms. The predicted octanol–water partition coefficient (Wildman–Crippen LogP) is 5.01. The Hall–Kier alpha value is -2.71. The fourth-order valence-corrected chi connectivity index (χ4v) is 5.28. The summed E-state index contributed by atoms with van der Waals surface area (Å²) in [5.74, 6) is 0.316. The lowest BCUT2D eigenvalue weighted by Gasteiger charge is -2.14. The Morgan fingerprint density at radius 2 is 2.06 bits per heavy atom. The van der Waals surface area contributed by atoms with Crippen molar-refractivity contribution in [1.29, 1.82) is 0 Å². The molecular weight excluding hydrogens is 428 g/mol. The van der Waals surface area contributed by atoms with Crippen molar-refractivity contribution in [3.63, 3.8) is 0 Å². The second kappa shape index (κ2) is 8.80. The van der Waals surface area contributed by atoms with Gasteiger partial charge in [-0.25, -0.2) is 9.97 Å². The van der Waals surface area contributed by atoms with Crippen LogP contribution in [0.2, 0.25) is 0 Å². The number of aromatic nitrogens is 3. The van der Waals surface area contributed by atoms with E-state index in [0.717, 1.165) is 27.0 Å². The number of nitrogens with one attached hydrogen (secondary N) is 1. The van der Waals surface area contributed by atoms with E-state index in [4.69, 9.17) is 4.98 Å². The first-order valence-corrected chi connectivity index (χ1v) is 11.9. The maximum absolute atomic E-state index is 13.3. The summed E-state index contributed by atoms with van der Waals surface area (Å²) in [5.41, 5.74) is 3.56. The predicted molar refractivity (Wildman–Crippen MR) is 129 cm³/mol. The molecule has 4 rings (SSSR count). The summed E-state index contributed by atoms with van der Waals surface area (Å²) in [4.78, 5) is 35.8. The summed E-state index contributed by atoms with van der Waals surface area (Å²) in [6.07, 6.45) is 1.72. The molecule has 0 fully saturated rings. The highest BCUT2D eigenvalue weighted by atomic mass is 32.2. The Morgan fingerprint density at radius 3 is 2.81 bits per heavy atom. The van der Waals surface area contributed by atoms with Crippen molar-refractivity contribution in [1.82, 2.24) is 14.5 Å². The number of carbonyl (C=O) groups is 1. The van der Waals surface area contributed by atoms with E-state index in [0.29, 0.717) is 21.9 Å². The summed E-state index contributed by atoms with van der Waals surface area (Å²) in [5, 5.41) is 4.40. The van der Waals surface area contributed by atoms with Gasteiger partial charge in [-0.3, -0.25) is 14.2 Å². The minimum atomic E-state index is -0.126. The molecule has 4 aromatic rings. The number of rotatable bonds is 6. The van der Waals surface area contributed by atoms with Gasteiger partial charge in [0.1, 0.15) is 9.53 Å². The smallest absolute Gasteiger partial charge is 0.272 e. The minimum Gasteiger partial charge on any atom is -0.325 e. The molecule has 0 saturated carbocycles. The Balaban J connectivity index is 1.65. The molecule has 1 N–H and O–H groups in total. The Kier molecular flexibility index (Phi) is 6.11. The number of pyridine rings is 1. The van der Waals surface area contributed by atoms with Crippen LogP contribution in [-0.4, -0.2) is 26.2 Å². The zero-order chi connectivity index (χ0) is 22.1. The van der Waals surface area contributed by atoms with Crippen LogP contribution in [0.15, 0.2) is 46.5 Å². The molecule has 1 aromatic carbocycles. The van der Waals surface area contributed by atoms with E-state index < -0.39 is 0 Å². The van der Waals surface area contributed by atoms with Gasteiger partial charge in [-0.15, -0.1) is 11.3 Å². The number of fused-ring (bicyclic) bond motifs is 3. The number of hydrogen-bond donors (Lipinski definition) is 1. The SMILES string of the molecule is Cc1ccc(NC(=O)CSc2nc3c(sc4ncccc43)c(=O)n2CC(C)C)c(C)c1. The number of hydrogen-bond acceptors (Lipinski definition) is 6. The first-order valence-electron chi connectivity index (χ1n) is 10.1. The third-order valence-corrected chi connectivity index (χ3v) is 6.92. The molecule has 8 heteroatoms. The van der Waals surface area contributed by atoms with Gasteiger partial charge in [-0.1, -0.05) is 43.3 Å². The summed E-state index contributed by atoms with van der Waals surface area (Å²) in [6.45, 7) is 8.66. The van der Waals surface area contributed by atoms with E-state index in [1.165, 1.54) is 23.1 Å². The normalized spacial score (nSPS) is 11.5. The summed E-state index contributed by atoms with van der Waals surface area (Å²) < 4.78 is 2.30. The molecule has 160 valence electrons. The summed E-state index contributed by atoms with van der Waals surface area (Å²) in [7, 11) is 0. The average molecular weight is 453 g/mol. The van der Waals surface area contributed by atoms with Crippen LogP contribution < -0.4 is 10.9 Å². The van der Waals surface area contributed by atoms with Crippen LogP contribution in [0.3, 0.4) is 0 Å². The first kappa shape index (κ1) is 21.5. The molecule has 1 amide bonds. The van der Waals surface area contributed by atoms with Crippen LogP contribution in [0.25, 0.3) is 20.4 Å². The second-order valence-corrected chi connectivity index (χ2v) is 9.94. The number of nitrogens with zero attached hydrogens (tertiary/aromatic N) is 3. The molecule has 0 radical (unpaired) electrons. The van der Waals surface area contributed by atoms with Gasteiger partial charge in [0, 0.05) is 23.8 Å². The van der Waals surface area contributed by atoms with E-state index in [2.05, 4.69) is 24.1 Å². The largest absolute Gasteiger partial charge is 0.325 e.